The smallest absolute Gasteiger partial charge is 0.262 e. The number of nitrogens with one attached hydrogen (secondary N) is 1. The lowest BCUT2D eigenvalue weighted by Gasteiger charge is -2.35. The van der Waals surface area contributed by atoms with Crippen molar-refractivity contribution >= 4 is 29.5 Å². The molecule has 1 aromatic carbocycles. The number of benzene rings is 1. The number of fused-ring (bicyclic) bond motifs is 1. The second kappa shape index (κ2) is 9.89. The number of aryl methyl sites for hydroxylation is 1. The van der Waals surface area contributed by atoms with Gasteiger partial charge in [-0.25, -0.2) is 0 Å². The van der Waals surface area contributed by atoms with Crippen molar-refractivity contribution in [2.24, 2.45) is 11.8 Å². The highest BCUT2D eigenvalue weighted by Crippen LogP contribution is 2.32. The number of carbonyl (C=O) groups excluding carboxylic acids is 5. The maximum Gasteiger partial charge on any atom is 0.262 e. The van der Waals surface area contributed by atoms with Gasteiger partial charge < -0.3 is 9.64 Å². The number of hydrogen-bond acceptors (Lipinski definition) is 6. The van der Waals surface area contributed by atoms with Crippen LogP contribution in [0, 0.1) is 11.8 Å². The van der Waals surface area contributed by atoms with E-state index in [1.54, 1.807) is 12.1 Å². The van der Waals surface area contributed by atoms with Crippen LogP contribution in [0.1, 0.15) is 71.2 Å². The fourth-order valence-electron chi connectivity index (χ4n) is 5.80. The van der Waals surface area contributed by atoms with Crippen LogP contribution < -0.4 is 5.32 Å². The minimum absolute atomic E-state index is 0.0862. The molecule has 9 nitrogen and oxygen atoms in total. The number of rotatable bonds is 5. The van der Waals surface area contributed by atoms with Crippen molar-refractivity contribution in [2.45, 2.75) is 57.4 Å². The number of likely N-dealkylation sites (tertiary alicyclic amines) is 1. The molecular weight excluding hydrogens is 450 g/mol. The highest BCUT2D eigenvalue weighted by atomic mass is 16.5. The van der Waals surface area contributed by atoms with Gasteiger partial charge in [-0.15, -0.1) is 0 Å². The second-order valence-electron chi connectivity index (χ2n) is 9.98. The number of hydrogen-bond donors (Lipinski definition) is 1. The summed E-state index contributed by atoms with van der Waals surface area (Å²) in [6.07, 6.45) is 5.25. The summed E-state index contributed by atoms with van der Waals surface area (Å²) in [6, 6.07) is 4.33. The van der Waals surface area contributed by atoms with Crippen molar-refractivity contribution in [3.63, 3.8) is 0 Å². The monoisotopic (exact) mass is 481 g/mol. The molecule has 1 aromatic rings. The van der Waals surface area contributed by atoms with Gasteiger partial charge in [-0.2, -0.15) is 0 Å². The van der Waals surface area contributed by atoms with Crippen LogP contribution >= 0.6 is 0 Å². The zero-order valence-electron chi connectivity index (χ0n) is 19.8. The Balaban J connectivity index is 1.20. The summed E-state index contributed by atoms with van der Waals surface area (Å²) < 4.78 is 5.37. The summed E-state index contributed by atoms with van der Waals surface area (Å²) in [7, 11) is 0. The molecule has 186 valence electrons. The SMILES string of the molecule is O=C1CCC(N2C(=O)c3cccc(CCC4CCN(C(=O)C5CCOCC5)CC4)c3C2=O)C(=O)N1. The Morgan fingerprint density at radius 2 is 1.71 bits per heavy atom. The molecule has 0 saturated carbocycles. The Hall–Kier alpha value is -3.07. The first-order valence-corrected chi connectivity index (χ1v) is 12.6. The van der Waals surface area contributed by atoms with E-state index in [1.165, 1.54) is 0 Å². The van der Waals surface area contributed by atoms with Gasteiger partial charge in [0.2, 0.25) is 17.7 Å². The normalized spacial score (nSPS) is 24.1. The third-order valence-electron chi connectivity index (χ3n) is 7.87. The Bertz CT molecular complexity index is 1060. The average Bonchev–Trinajstić information content (AvgIpc) is 3.13. The highest BCUT2D eigenvalue weighted by Gasteiger charge is 2.45. The fraction of sp³-hybridized carbons (Fsp3) is 0.577. The number of nitrogens with zero attached hydrogens (tertiary/aromatic N) is 2. The van der Waals surface area contributed by atoms with E-state index in [0.29, 0.717) is 36.7 Å². The van der Waals surface area contributed by atoms with Crippen LogP contribution in [0.4, 0.5) is 0 Å². The molecule has 3 saturated heterocycles. The summed E-state index contributed by atoms with van der Waals surface area (Å²) in [5.41, 5.74) is 1.53. The number of piperidine rings is 2. The lowest BCUT2D eigenvalue weighted by atomic mass is 9.88. The third kappa shape index (κ3) is 4.61. The first kappa shape index (κ1) is 23.7. The molecule has 0 radical (unpaired) electrons. The molecule has 0 aromatic heterocycles. The van der Waals surface area contributed by atoms with Gasteiger partial charge in [0.1, 0.15) is 6.04 Å². The Morgan fingerprint density at radius 1 is 0.971 bits per heavy atom. The summed E-state index contributed by atoms with van der Waals surface area (Å²) in [5, 5.41) is 2.23. The van der Waals surface area contributed by atoms with Crippen LogP contribution in [0.25, 0.3) is 0 Å². The minimum atomic E-state index is -0.953. The predicted octanol–water partition coefficient (Wildman–Crippen LogP) is 1.69. The van der Waals surface area contributed by atoms with Crippen molar-refractivity contribution in [3.05, 3.63) is 34.9 Å². The molecule has 4 aliphatic rings. The molecule has 3 fully saturated rings. The fourth-order valence-corrected chi connectivity index (χ4v) is 5.80. The van der Waals surface area contributed by atoms with Gasteiger partial charge in [0, 0.05) is 38.6 Å². The van der Waals surface area contributed by atoms with Gasteiger partial charge in [-0.3, -0.25) is 34.2 Å². The second-order valence-corrected chi connectivity index (χ2v) is 9.98. The van der Waals surface area contributed by atoms with Crippen LogP contribution in [0.3, 0.4) is 0 Å². The lowest BCUT2D eigenvalue weighted by molar-refractivity contribution is -0.140. The van der Waals surface area contributed by atoms with Crippen LogP contribution in [0.2, 0.25) is 0 Å². The van der Waals surface area contributed by atoms with Crippen molar-refractivity contribution in [1.82, 2.24) is 15.1 Å². The Kier molecular flexibility index (Phi) is 6.69. The van der Waals surface area contributed by atoms with Crippen molar-refractivity contribution in [3.8, 4) is 0 Å². The molecule has 5 rings (SSSR count). The maximum atomic E-state index is 13.3. The molecule has 4 heterocycles. The van der Waals surface area contributed by atoms with E-state index in [1.807, 2.05) is 11.0 Å². The molecule has 4 aliphatic heterocycles. The van der Waals surface area contributed by atoms with E-state index in [2.05, 4.69) is 5.32 Å². The van der Waals surface area contributed by atoms with Crippen LogP contribution in [-0.2, 0) is 25.5 Å². The van der Waals surface area contributed by atoms with Crippen molar-refractivity contribution in [2.75, 3.05) is 26.3 Å². The molecule has 35 heavy (non-hydrogen) atoms. The number of amides is 5. The molecular formula is C26H31N3O6. The van der Waals surface area contributed by atoms with Gasteiger partial charge in [0.15, 0.2) is 0 Å². The van der Waals surface area contributed by atoms with Crippen molar-refractivity contribution < 1.29 is 28.7 Å². The quantitative estimate of drug-likeness (QED) is 0.641. The zero-order chi connectivity index (χ0) is 24.5. The summed E-state index contributed by atoms with van der Waals surface area (Å²) in [6.45, 7) is 2.84. The summed E-state index contributed by atoms with van der Waals surface area (Å²) in [4.78, 5) is 65.9. The molecule has 9 heteroatoms. The maximum absolute atomic E-state index is 13.3. The van der Waals surface area contributed by atoms with Crippen LogP contribution in [-0.4, -0.2) is 71.7 Å². The van der Waals surface area contributed by atoms with E-state index in [4.69, 9.17) is 4.74 Å². The number of imide groups is 2. The van der Waals surface area contributed by atoms with E-state index in [-0.39, 0.29) is 30.6 Å². The van der Waals surface area contributed by atoms with Gasteiger partial charge in [-0.05, 0) is 62.5 Å². The first-order chi connectivity index (χ1) is 16.9. The molecule has 0 spiro atoms. The van der Waals surface area contributed by atoms with Crippen molar-refractivity contribution in [1.29, 1.82) is 0 Å². The van der Waals surface area contributed by atoms with E-state index < -0.39 is 23.8 Å². The number of carbonyl (C=O) groups is 5. The largest absolute Gasteiger partial charge is 0.381 e. The average molecular weight is 482 g/mol. The Labute approximate surface area is 204 Å². The van der Waals surface area contributed by atoms with Gasteiger partial charge in [0.05, 0.1) is 11.1 Å². The summed E-state index contributed by atoms with van der Waals surface area (Å²) in [5.74, 6) is -1.12. The minimum Gasteiger partial charge on any atom is -0.381 e. The first-order valence-electron chi connectivity index (χ1n) is 12.6. The molecule has 0 bridgehead atoms. The summed E-state index contributed by atoms with van der Waals surface area (Å²) >= 11 is 0. The lowest BCUT2D eigenvalue weighted by Crippen LogP contribution is -2.54. The van der Waals surface area contributed by atoms with Gasteiger partial charge in [0.25, 0.3) is 11.8 Å². The van der Waals surface area contributed by atoms with Gasteiger partial charge in [-0.1, -0.05) is 12.1 Å². The standard InChI is InChI=1S/C26H31N3O6/c30-21-7-6-20(23(31)27-21)29-25(33)19-3-1-2-17(22(19)26(29)34)5-4-16-8-12-28(13-9-16)24(32)18-10-14-35-15-11-18/h1-3,16,18,20H,4-15H2,(H,27,30,31). The zero-order valence-corrected chi connectivity index (χ0v) is 19.8. The molecule has 1 N–H and O–H groups in total. The number of ether oxygens (including phenoxy) is 1. The predicted molar refractivity (Wildman–Crippen MR) is 124 cm³/mol. The molecule has 5 amide bonds. The third-order valence-corrected chi connectivity index (χ3v) is 7.87. The molecule has 0 aliphatic carbocycles. The molecule has 1 atom stereocenters. The van der Waals surface area contributed by atoms with Crippen LogP contribution in [0.5, 0.6) is 0 Å². The highest BCUT2D eigenvalue weighted by molar-refractivity contribution is 6.24. The molecule has 1 unspecified atom stereocenters. The van der Waals surface area contributed by atoms with E-state index in [0.717, 1.165) is 55.7 Å². The van der Waals surface area contributed by atoms with E-state index in [9.17, 15) is 24.0 Å². The van der Waals surface area contributed by atoms with Gasteiger partial charge >= 0.3 is 0 Å². The van der Waals surface area contributed by atoms with E-state index >= 15 is 0 Å². The van der Waals surface area contributed by atoms with Crippen LogP contribution in [0.15, 0.2) is 18.2 Å². The topological polar surface area (TPSA) is 113 Å². The Morgan fingerprint density at radius 3 is 2.43 bits per heavy atom.